The van der Waals surface area contributed by atoms with Gasteiger partial charge in [-0.15, -0.1) is 24.0 Å². The van der Waals surface area contributed by atoms with Crippen LogP contribution in [0.15, 0.2) is 29.3 Å². The van der Waals surface area contributed by atoms with E-state index in [1.807, 2.05) is 19.2 Å². The van der Waals surface area contributed by atoms with Gasteiger partial charge in [0.05, 0.1) is 0 Å². The Kier molecular flexibility index (Phi) is 10.3. The van der Waals surface area contributed by atoms with Crippen LogP contribution in [0.2, 0.25) is 5.02 Å². The maximum atomic E-state index is 6.01. The molecular weight excluding hydrogens is 489 g/mol. The van der Waals surface area contributed by atoms with Crippen molar-refractivity contribution in [2.75, 3.05) is 46.6 Å². The van der Waals surface area contributed by atoms with Crippen molar-refractivity contribution in [3.63, 3.8) is 0 Å². The van der Waals surface area contributed by atoms with Crippen molar-refractivity contribution >= 4 is 41.5 Å². The largest absolute Gasteiger partial charge is 0.381 e. The molecule has 7 heteroatoms. The zero-order chi connectivity index (χ0) is 19.0. The van der Waals surface area contributed by atoms with Crippen LogP contribution in [0.1, 0.15) is 37.7 Å². The summed E-state index contributed by atoms with van der Waals surface area (Å²) in [4.78, 5) is 4.34. The van der Waals surface area contributed by atoms with E-state index in [-0.39, 0.29) is 29.4 Å². The van der Waals surface area contributed by atoms with Crippen LogP contribution in [-0.2, 0) is 14.9 Å². The minimum atomic E-state index is 0. The van der Waals surface area contributed by atoms with Crippen LogP contribution in [0.25, 0.3) is 0 Å². The van der Waals surface area contributed by atoms with Gasteiger partial charge in [0.15, 0.2) is 5.96 Å². The molecule has 1 aliphatic carbocycles. The van der Waals surface area contributed by atoms with Crippen molar-refractivity contribution in [2.45, 2.75) is 37.5 Å². The van der Waals surface area contributed by atoms with Gasteiger partial charge < -0.3 is 20.1 Å². The lowest BCUT2D eigenvalue weighted by atomic mass is 9.96. The molecule has 1 aromatic carbocycles. The number of hydrogen-bond acceptors (Lipinski definition) is 3. The highest BCUT2D eigenvalue weighted by molar-refractivity contribution is 14.0. The summed E-state index contributed by atoms with van der Waals surface area (Å²) in [5.74, 6) is 1.53. The highest BCUT2D eigenvalue weighted by Gasteiger charge is 2.44. The van der Waals surface area contributed by atoms with Crippen LogP contribution < -0.4 is 10.6 Å². The van der Waals surface area contributed by atoms with Gasteiger partial charge in [0.2, 0.25) is 0 Å². The normalized spacial score (nSPS) is 19.0. The van der Waals surface area contributed by atoms with Gasteiger partial charge in [-0.25, -0.2) is 0 Å². The summed E-state index contributed by atoms with van der Waals surface area (Å²) in [7, 11) is 1.82. The quantitative estimate of drug-likeness (QED) is 0.223. The van der Waals surface area contributed by atoms with E-state index in [0.29, 0.717) is 5.92 Å². The summed E-state index contributed by atoms with van der Waals surface area (Å²) < 4.78 is 11.2. The first kappa shape index (κ1) is 23.7. The summed E-state index contributed by atoms with van der Waals surface area (Å²) in [6.45, 7) is 5.18. The molecule has 1 aromatic rings. The molecule has 0 bridgehead atoms. The van der Waals surface area contributed by atoms with Gasteiger partial charge in [-0.05, 0) is 55.7 Å². The molecule has 1 heterocycles. The Balaban J connectivity index is 0.00000280. The Bertz CT molecular complexity index is 602. The van der Waals surface area contributed by atoms with Gasteiger partial charge in [0.1, 0.15) is 0 Å². The molecule has 3 rings (SSSR count). The molecule has 28 heavy (non-hydrogen) atoms. The van der Waals surface area contributed by atoms with Gasteiger partial charge in [-0.2, -0.15) is 0 Å². The molecule has 2 fully saturated rings. The van der Waals surface area contributed by atoms with E-state index in [1.54, 1.807) is 0 Å². The first-order valence-corrected chi connectivity index (χ1v) is 10.5. The van der Waals surface area contributed by atoms with Gasteiger partial charge >= 0.3 is 0 Å². The summed E-state index contributed by atoms with van der Waals surface area (Å²) in [5, 5.41) is 7.66. The number of ether oxygens (including phenoxy) is 2. The predicted molar refractivity (Wildman–Crippen MR) is 126 cm³/mol. The first-order valence-electron chi connectivity index (χ1n) is 10.1. The standard InChI is InChI=1S/C21H32ClN3O2.HI/c1-23-20(24-11-2-12-27-15-17-7-13-26-14-8-17)25-16-21(9-10-21)18-3-5-19(22)6-4-18;/h3-6,17H,2,7-16H2,1H3,(H2,23,24,25);1H. The molecular formula is C21H33ClIN3O2. The van der Waals surface area contributed by atoms with Crippen LogP contribution in [0.5, 0.6) is 0 Å². The van der Waals surface area contributed by atoms with E-state index >= 15 is 0 Å². The van der Waals surface area contributed by atoms with Gasteiger partial charge in [-0.1, -0.05) is 23.7 Å². The van der Waals surface area contributed by atoms with Crippen molar-refractivity contribution in [3.8, 4) is 0 Å². The fraction of sp³-hybridized carbons (Fsp3) is 0.667. The third-order valence-corrected chi connectivity index (χ3v) is 5.83. The van der Waals surface area contributed by atoms with Crippen LogP contribution in [-0.4, -0.2) is 52.5 Å². The molecule has 2 N–H and O–H groups in total. The smallest absolute Gasteiger partial charge is 0.191 e. The SMILES string of the molecule is CN=C(NCCCOCC1CCOCC1)NCC1(c2ccc(Cl)cc2)CC1.I. The number of nitrogens with one attached hydrogen (secondary N) is 2. The average Bonchev–Trinajstić information content (AvgIpc) is 3.49. The summed E-state index contributed by atoms with van der Waals surface area (Å²) in [5.41, 5.74) is 1.59. The summed E-state index contributed by atoms with van der Waals surface area (Å²) in [6, 6.07) is 8.24. The lowest BCUT2D eigenvalue weighted by Gasteiger charge is -2.22. The molecule has 158 valence electrons. The molecule has 5 nitrogen and oxygen atoms in total. The van der Waals surface area contributed by atoms with E-state index in [2.05, 4.69) is 27.8 Å². The van der Waals surface area contributed by atoms with E-state index in [9.17, 15) is 0 Å². The third-order valence-electron chi connectivity index (χ3n) is 5.58. The molecule has 0 radical (unpaired) electrons. The third kappa shape index (κ3) is 7.35. The van der Waals surface area contributed by atoms with E-state index < -0.39 is 0 Å². The molecule has 0 unspecified atom stereocenters. The minimum Gasteiger partial charge on any atom is -0.381 e. The topological polar surface area (TPSA) is 54.9 Å². The maximum absolute atomic E-state index is 6.01. The van der Waals surface area contributed by atoms with E-state index in [0.717, 1.165) is 69.8 Å². The average molecular weight is 522 g/mol. The number of guanidine groups is 1. The van der Waals surface area contributed by atoms with Gasteiger partial charge in [0, 0.05) is 57.0 Å². The van der Waals surface area contributed by atoms with Crippen LogP contribution in [0.4, 0.5) is 0 Å². The van der Waals surface area contributed by atoms with Crippen molar-refractivity contribution in [3.05, 3.63) is 34.9 Å². The summed E-state index contributed by atoms with van der Waals surface area (Å²) >= 11 is 6.01. The van der Waals surface area contributed by atoms with Crippen molar-refractivity contribution in [1.82, 2.24) is 10.6 Å². The Labute approximate surface area is 191 Å². The first-order chi connectivity index (χ1) is 13.2. The van der Waals surface area contributed by atoms with Gasteiger partial charge in [-0.3, -0.25) is 4.99 Å². The Morgan fingerprint density at radius 1 is 1.21 bits per heavy atom. The zero-order valence-electron chi connectivity index (χ0n) is 16.7. The number of aliphatic imine (C=N–C) groups is 1. The Hall–Kier alpha value is -0.570. The molecule has 0 amide bonds. The molecule has 2 aliphatic rings. The van der Waals surface area contributed by atoms with Crippen LogP contribution >= 0.6 is 35.6 Å². The highest BCUT2D eigenvalue weighted by Crippen LogP contribution is 2.47. The fourth-order valence-corrected chi connectivity index (χ4v) is 3.67. The number of nitrogens with zero attached hydrogens (tertiary/aromatic N) is 1. The minimum absolute atomic E-state index is 0. The van der Waals surface area contributed by atoms with Gasteiger partial charge in [0.25, 0.3) is 0 Å². The second-order valence-electron chi connectivity index (χ2n) is 7.62. The number of rotatable bonds is 9. The second kappa shape index (κ2) is 12.2. The predicted octanol–water partition coefficient (Wildman–Crippen LogP) is 3.99. The molecule has 1 saturated heterocycles. The summed E-state index contributed by atoms with van der Waals surface area (Å²) in [6.07, 6.45) is 5.65. The monoisotopic (exact) mass is 521 g/mol. The lowest BCUT2D eigenvalue weighted by molar-refractivity contribution is 0.0203. The Morgan fingerprint density at radius 3 is 2.57 bits per heavy atom. The van der Waals surface area contributed by atoms with Crippen LogP contribution in [0.3, 0.4) is 0 Å². The zero-order valence-corrected chi connectivity index (χ0v) is 19.8. The maximum Gasteiger partial charge on any atom is 0.191 e. The number of halogens is 2. The lowest BCUT2D eigenvalue weighted by Crippen LogP contribution is -2.41. The van der Waals surface area contributed by atoms with Crippen LogP contribution in [0, 0.1) is 5.92 Å². The molecule has 1 saturated carbocycles. The highest BCUT2D eigenvalue weighted by atomic mass is 127. The molecule has 0 atom stereocenters. The van der Waals surface area contributed by atoms with E-state index in [4.69, 9.17) is 21.1 Å². The van der Waals surface area contributed by atoms with Crippen molar-refractivity contribution < 1.29 is 9.47 Å². The second-order valence-corrected chi connectivity index (χ2v) is 8.06. The molecule has 1 aliphatic heterocycles. The van der Waals surface area contributed by atoms with Crippen molar-refractivity contribution in [1.29, 1.82) is 0 Å². The van der Waals surface area contributed by atoms with E-state index in [1.165, 1.54) is 18.4 Å². The Morgan fingerprint density at radius 2 is 1.93 bits per heavy atom. The number of benzene rings is 1. The molecule has 0 spiro atoms. The number of hydrogen-bond donors (Lipinski definition) is 2. The van der Waals surface area contributed by atoms with Crippen molar-refractivity contribution in [2.24, 2.45) is 10.9 Å². The fourth-order valence-electron chi connectivity index (χ4n) is 3.54. The molecule has 0 aromatic heterocycles.